The van der Waals surface area contributed by atoms with Gasteiger partial charge in [0.15, 0.2) is 5.78 Å². The van der Waals surface area contributed by atoms with Crippen LogP contribution >= 0.6 is 24.2 Å². The van der Waals surface area contributed by atoms with Gasteiger partial charge >= 0.3 is 0 Å². The predicted molar refractivity (Wildman–Crippen MR) is 59.6 cm³/mol. The van der Waals surface area contributed by atoms with Crippen molar-refractivity contribution >= 4 is 40.0 Å². The summed E-state index contributed by atoms with van der Waals surface area (Å²) in [6, 6.07) is 3.84. The Labute approximate surface area is 97.9 Å². The van der Waals surface area contributed by atoms with E-state index in [4.69, 9.17) is 16.7 Å². The molecule has 7 heteroatoms. The lowest BCUT2D eigenvalue weighted by Crippen LogP contribution is -2.14. The fourth-order valence-electron chi connectivity index (χ4n) is 0.978. The van der Waals surface area contributed by atoms with Gasteiger partial charge in [0.2, 0.25) is 10.0 Å². The molecule has 1 aromatic carbocycles. The highest BCUT2D eigenvalue weighted by atomic mass is 35.5. The molecule has 4 nitrogen and oxygen atoms in total. The Bertz CT molecular complexity index is 499. The predicted octanol–water partition coefficient (Wildman–Crippen LogP) is 1.37. The van der Waals surface area contributed by atoms with Gasteiger partial charge in [0, 0.05) is 5.56 Å². The Hall–Kier alpha value is -0.560. The largest absolute Gasteiger partial charge is 0.293 e. The summed E-state index contributed by atoms with van der Waals surface area (Å²) in [5.74, 6) is -0.460. The lowest BCUT2D eigenvalue weighted by Gasteiger charge is -2.03. The van der Waals surface area contributed by atoms with E-state index in [-0.39, 0.29) is 27.0 Å². The summed E-state index contributed by atoms with van der Waals surface area (Å²) in [6.07, 6.45) is 0. The van der Waals surface area contributed by atoms with Crippen LogP contribution in [0, 0.1) is 0 Å². The molecule has 0 aromatic heterocycles. The van der Waals surface area contributed by atoms with E-state index in [1.54, 1.807) is 0 Å². The van der Waals surface area contributed by atoms with Crippen LogP contribution in [0.4, 0.5) is 0 Å². The molecule has 0 spiro atoms. The number of nitrogens with two attached hydrogens (primary N) is 1. The van der Waals surface area contributed by atoms with E-state index in [1.807, 2.05) is 0 Å². The van der Waals surface area contributed by atoms with Gasteiger partial charge in [-0.05, 0) is 18.2 Å². The molecule has 0 aliphatic heterocycles. The summed E-state index contributed by atoms with van der Waals surface area (Å²) in [5, 5.41) is 4.90. The SMILES string of the molecule is NS(=O)(=O)c1cc(C(=O)C[S])ccc1Cl. The average Bonchev–Trinajstić information content (AvgIpc) is 2.15. The summed E-state index contributed by atoms with van der Waals surface area (Å²) in [6.45, 7) is 0. The minimum absolute atomic E-state index is 0.0154. The zero-order chi connectivity index (χ0) is 11.6. The molecule has 2 N–H and O–H groups in total. The van der Waals surface area contributed by atoms with E-state index < -0.39 is 10.0 Å². The molecule has 0 aliphatic rings. The maximum Gasteiger partial charge on any atom is 0.239 e. The first-order valence-corrected chi connectivity index (χ1v) is 6.30. The van der Waals surface area contributed by atoms with E-state index >= 15 is 0 Å². The lowest BCUT2D eigenvalue weighted by molar-refractivity contribution is 0.102. The van der Waals surface area contributed by atoms with E-state index in [1.165, 1.54) is 12.1 Å². The molecule has 0 amide bonds. The molecule has 0 aliphatic carbocycles. The number of halogens is 1. The van der Waals surface area contributed by atoms with Gasteiger partial charge < -0.3 is 0 Å². The first kappa shape index (κ1) is 12.5. The number of benzene rings is 1. The molecule has 0 fully saturated rings. The van der Waals surface area contributed by atoms with Crippen LogP contribution in [0.5, 0.6) is 0 Å². The summed E-state index contributed by atoms with van der Waals surface area (Å²) in [5.41, 5.74) is 0.193. The maximum absolute atomic E-state index is 11.2. The van der Waals surface area contributed by atoms with Crippen molar-refractivity contribution in [2.24, 2.45) is 5.14 Å². The minimum Gasteiger partial charge on any atom is -0.293 e. The Morgan fingerprint density at radius 2 is 2.07 bits per heavy atom. The number of ketones is 1. The molecule has 1 aromatic rings. The van der Waals surface area contributed by atoms with Gasteiger partial charge in [-0.15, -0.1) is 0 Å². The molecule has 0 bridgehead atoms. The van der Waals surface area contributed by atoms with Crippen molar-refractivity contribution in [3.05, 3.63) is 28.8 Å². The normalized spacial score (nSPS) is 11.4. The summed E-state index contributed by atoms with van der Waals surface area (Å²) in [4.78, 5) is 11.0. The monoisotopic (exact) mass is 264 g/mol. The maximum atomic E-state index is 11.2. The lowest BCUT2D eigenvalue weighted by atomic mass is 10.1. The molecule has 81 valence electrons. The number of Topliss-reactive ketones (excluding diaryl/α,β-unsaturated/α-hetero) is 1. The number of hydrogen-bond acceptors (Lipinski definition) is 3. The van der Waals surface area contributed by atoms with Crippen LogP contribution in [-0.2, 0) is 10.0 Å². The average molecular weight is 265 g/mol. The third-order valence-corrected chi connectivity index (χ3v) is 3.35. The van der Waals surface area contributed by atoms with Crippen molar-refractivity contribution in [1.29, 1.82) is 0 Å². The third kappa shape index (κ3) is 2.94. The smallest absolute Gasteiger partial charge is 0.239 e. The summed E-state index contributed by atoms with van der Waals surface area (Å²) < 4.78 is 22.1. The first-order chi connectivity index (χ1) is 6.86. The van der Waals surface area contributed by atoms with Gasteiger partial charge in [-0.3, -0.25) is 4.79 Å². The molecular weight excluding hydrogens is 258 g/mol. The molecular formula is C8H7ClNO3S2. The highest BCUT2D eigenvalue weighted by Gasteiger charge is 2.15. The van der Waals surface area contributed by atoms with E-state index in [0.29, 0.717) is 0 Å². The molecule has 0 saturated heterocycles. The van der Waals surface area contributed by atoms with Gasteiger partial charge in [0.05, 0.1) is 10.8 Å². The standard InChI is InChI=1S/C8H7ClNO3S2/c9-6-2-1-5(7(11)4-14)3-8(6)15(10,12)13/h1-3H,4H2,(H2,10,12,13). The van der Waals surface area contributed by atoms with E-state index in [0.717, 1.165) is 6.07 Å². The minimum atomic E-state index is -3.92. The molecule has 0 saturated carbocycles. The summed E-state index contributed by atoms with van der Waals surface area (Å²) >= 11 is 10.2. The quantitative estimate of drug-likeness (QED) is 0.838. The number of sulfonamides is 1. The number of primary sulfonamides is 1. The molecule has 1 rings (SSSR count). The van der Waals surface area contributed by atoms with E-state index in [9.17, 15) is 13.2 Å². The molecule has 0 unspecified atom stereocenters. The second kappa shape index (κ2) is 4.52. The Morgan fingerprint density at radius 3 is 2.53 bits per heavy atom. The van der Waals surface area contributed by atoms with Crippen LogP contribution in [0.15, 0.2) is 23.1 Å². The van der Waals surface area contributed by atoms with Crippen LogP contribution in [0.25, 0.3) is 0 Å². The number of hydrogen-bond donors (Lipinski definition) is 1. The van der Waals surface area contributed by atoms with Gasteiger partial charge in [0.25, 0.3) is 0 Å². The highest BCUT2D eigenvalue weighted by Crippen LogP contribution is 2.21. The number of carbonyl (C=O) groups is 1. The van der Waals surface area contributed by atoms with Crippen LogP contribution in [-0.4, -0.2) is 20.0 Å². The van der Waals surface area contributed by atoms with Crippen molar-refractivity contribution in [3.8, 4) is 0 Å². The van der Waals surface area contributed by atoms with Gasteiger partial charge in [-0.1, -0.05) is 24.2 Å². The zero-order valence-corrected chi connectivity index (χ0v) is 9.82. The second-order valence-electron chi connectivity index (χ2n) is 2.76. The Morgan fingerprint density at radius 1 is 1.47 bits per heavy atom. The Kier molecular flexibility index (Phi) is 3.77. The summed E-state index contributed by atoms with van der Waals surface area (Å²) in [7, 11) is -3.92. The van der Waals surface area contributed by atoms with Gasteiger partial charge in [0.1, 0.15) is 4.90 Å². The Balaban J connectivity index is 3.36. The fourth-order valence-corrected chi connectivity index (χ4v) is 2.22. The highest BCUT2D eigenvalue weighted by molar-refractivity contribution is 7.89. The second-order valence-corrected chi connectivity index (χ2v) is 4.98. The van der Waals surface area contributed by atoms with Crippen molar-refractivity contribution in [2.75, 3.05) is 5.75 Å². The fraction of sp³-hybridized carbons (Fsp3) is 0.125. The zero-order valence-electron chi connectivity index (χ0n) is 7.44. The van der Waals surface area contributed by atoms with Crippen LogP contribution in [0.1, 0.15) is 10.4 Å². The van der Waals surface area contributed by atoms with Crippen molar-refractivity contribution in [1.82, 2.24) is 0 Å². The van der Waals surface area contributed by atoms with Crippen molar-refractivity contribution in [2.45, 2.75) is 4.90 Å². The van der Waals surface area contributed by atoms with Crippen LogP contribution in [0.2, 0.25) is 5.02 Å². The molecule has 1 radical (unpaired) electrons. The van der Waals surface area contributed by atoms with Crippen LogP contribution < -0.4 is 5.14 Å². The first-order valence-electron chi connectivity index (χ1n) is 3.80. The van der Waals surface area contributed by atoms with Crippen molar-refractivity contribution in [3.63, 3.8) is 0 Å². The molecule has 0 heterocycles. The van der Waals surface area contributed by atoms with E-state index in [2.05, 4.69) is 12.6 Å². The van der Waals surface area contributed by atoms with Crippen molar-refractivity contribution < 1.29 is 13.2 Å². The van der Waals surface area contributed by atoms with Crippen LogP contribution in [0.3, 0.4) is 0 Å². The third-order valence-electron chi connectivity index (χ3n) is 1.69. The van der Waals surface area contributed by atoms with Gasteiger partial charge in [-0.25, -0.2) is 13.6 Å². The van der Waals surface area contributed by atoms with Gasteiger partial charge in [-0.2, -0.15) is 0 Å². The molecule has 0 atom stereocenters. The number of carbonyl (C=O) groups excluding carboxylic acids is 1. The topological polar surface area (TPSA) is 77.2 Å². The number of rotatable bonds is 3. The molecule has 15 heavy (non-hydrogen) atoms.